The highest BCUT2D eigenvalue weighted by atomic mass is 14.9. The van der Waals surface area contributed by atoms with Crippen molar-refractivity contribution in [2.45, 2.75) is 40.7 Å². The van der Waals surface area contributed by atoms with Gasteiger partial charge in [-0.15, -0.1) is 0 Å². The molecule has 0 saturated carbocycles. The summed E-state index contributed by atoms with van der Waals surface area (Å²) in [6.07, 6.45) is 2.28. The Morgan fingerprint density at radius 1 is 1.38 bits per heavy atom. The Bertz CT molecular complexity index is 377. The molecular formula is C15H23N. The number of likely N-dealkylation sites (N-methyl/N-ethyl adjacent to an activating group) is 1. The number of hydrogen-bond acceptors (Lipinski definition) is 1. The average Bonchev–Trinajstić information content (AvgIpc) is 2.22. The van der Waals surface area contributed by atoms with Gasteiger partial charge in [-0.25, -0.2) is 0 Å². The normalized spacial score (nSPS) is 13.9. The molecule has 0 aliphatic carbocycles. The maximum absolute atomic E-state index is 3.43. The molecule has 1 rings (SSSR count). The standard InChI is InChI=1S/C15H23N/c1-6-16-14(5)12(3)10-15-8-7-11(2)9-13(15)4/h7-10,14,16H,6H2,1-5H3/b12-10+. The van der Waals surface area contributed by atoms with E-state index in [0.29, 0.717) is 6.04 Å². The molecule has 1 aromatic rings. The molecule has 0 fully saturated rings. The van der Waals surface area contributed by atoms with E-state index in [-0.39, 0.29) is 0 Å². The summed E-state index contributed by atoms with van der Waals surface area (Å²) in [6, 6.07) is 7.05. The number of rotatable bonds is 4. The van der Waals surface area contributed by atoms with Gasteiger partial charge >= 0.3 is 0 Å². The molecule has 1 atom stereocenters. The first-order chi connectivity index (χ1) is 7.54. The Hall–Kier alpha value is -1.08. The van der Waals surface area contributed by atoms with Gasteiger partial charge in [0, 0.05) is 6.04 Å². The highest BCUT2D eigenvalue weighted by Crippen LogP contribution is 2.15. The highest BCUT2D eigenvalue weighted by Gasteiger charge is 2.03. The van der Waals surface area contributed by atoms with Gasteiger partial charge in [0.1, 0.15) is 0 Å². The van der Waals surface area contributed by atoms with Crippen molar-refractivity contribution in [3.63, 3.8) is 0 Å². The molecule has 0 heterocycles. The van der Waals surface area contributed by atoms with Crippen LogP contribution >= 0.6 is 0 Å². The summed E-state index contributed by atoms with van der Waals surface area (Å²) in [5.41, 5.74) is 5.39. The molecule has 88 valence electrons. The lowest BCUT2D eigenvalue weighted by molar-refractivity contribution is 0.636. The van der Waals surface area contributed by atoms with E-state index in [0.717, 1.165) is 6.54 Å². The Balaban J connectivity index is 2.89. The van der Waals surface area contributed by atoms with Gasteiger partial charge < -0.3 is 5.32 Å². The quantitative estimate of drug-likeness (QED) is 0.810. The fourth-order valence-electron chi connectivity index (χ4n) is 1.83. The van der Waals surface area contributed by atoms with Gasteiger partial charge in [0.15, 0.2) is 0 Å². The van der Waals surface area contributed by atoms with Crippen LogP contribution in [0.2, 0.25) is 0 Å². The SMILES string of the molecule is CCNC(C)/C(C)=C/c1ccc(C)cc1C. The molecule has 1 nitrogen and oxygen atoms in total. The molecule has 1 unspecified atom stereocenters. The first-order valence-corrected chi connectivity index (χ1v) is 6.03. The number of benzene rings is 1. The summed E-state index contributed by atoms with van der Waals surface area (Å²) in [6.45, 7) is 11.9. The van der Waals surface area contributed by atoms with Crippen LogP contribution in [0, 0.1) is 13.8 Å². The third-order valence-electron chi connectivity index (χ3n) is 3.00. The molecular weight excluding hydrogens is 194 g/mol. The molecule has 16 heavy (non-hydrogen) atoms. The predicted molar refractivity (Wildman–Crippen MR) is 72.7 cm³/mol. The Morgan fingerprint density at radius 3 is 2.62 bits per heavy atom. The minimum absolute atomic E-state index is 0.450. The monoisotopic (exact) mass is 217 g/mol. The lowest BCUT2D eigenvalue weighted by Crippen LogP contribution is -2.26. The van der Waals surface area contributed by atoms with Crippen LogP contribution in [-0.4, -0.2) is 12.6 Å². The first kappa shape index (κ1) is 13.0. The van der Waals surface area contributed by atoms with Crippen molar-refractivity contribution in [3.05, 3.63) is 40.5 Å². The highest BCUT2D eigenvalue weighted by molar-refractivity contribution is 5.57. The van der Waals surface area contributed by atoms with E-state index in [1.807, 2.05) is 0 Å². The van der Waals surface area contributed by atoms with Crippen molar-refractivity contribution >= 4 is 6.08 Å². The van der Waals surface area contributed by atoms with Crippen molar-refractivity contribution in [2.75, 3.05) is 6.54 Å². The van der Waals surface area contributed by atoms with Gasteiger partial charge in [0.25, 0.3) is 0 Å². The van der Waals surface area contributed by atoms with Crippen LogP contribution in [0.3, 0.4) is 0 Å². The molecule has 1 heteroatoms. The van der Waals surface area contributed by atoms with Gasteiger partial charge in [-0.1, -0.05) is 42.3 Å². The van der Waals surface area contributed by atoms with E-state index < -0.39 is 0 Å². The van der Waals surface area contributed by atoms with Crippen molar-refractivity contribution in [1.82, 2.24) is 5.32 Å². The zero-order chi connectivity index (χ0) is 12.1. The largest absolute Gasteiger partial charge is 0.311 e. The van der Waals surface area contributed by atoms with Gasteiger partial charge in [0.05, 0.1) is 0 Å². The summed E-state index contributed by atoms with van der Waals surface area (Å²) >= 11 is 0. The molecule has 0 saturated heterocycles. The van der Waals surface area contributed by atoms with Crippen molar-refractivity contribution in [1.29, 1.82) is 0 Å². The molecule has 1 aromatic carbocycles. The average molecular weight is 217 g/mol. The Kier molecular flexibility index (Phi) is 4.75. The lowest BCUT2D eigenvalue weighted by Gasteiger charge is -2.13. The molecule has 0 bridgehead atoms. The van der Waals surface area contributed by atoms with Crippen molar-refractivity contribution in [3.8, 4) is 0 Å². The molecule has 1 N–H and O–H groups in total. The van der Waals surface area contributed by atoms with E-state index in [9.17, 15) is 0 Å². The van der Waals surface area contributed by atoms with E-state index in [1.165, 1.54) is 22.3 Å². The van der Waals surface area contributed by atoms with Crippen molar-refractivity contribution in [2.24, 2.45) is 0 Å². The molecule has 0 radical (unpaired) electrons. The summed E-state index contributed by atoms with van der Waals surface area (Å²) in [5.74, 6) is 0. The number of aryl methyl sites for hydroxylation is 2. The smallest absolute Gasteiger partial charge is 0.0251 e. The second kappa shape index (κ2) is 5.86. The van der Waals surface area contributed by atoms with Crippen LogP contribution in [0.1, 0.15) is 37.5 Å². The van der Waals surface area contributed by atoms with E-state index in [2.05, 4.69) is 64.2 Å². The Morgan fingerprint density at radius 2 is 2.06 bits per heavy atom. The molecule has 0 aliphatic rings. The van der Waals surface area contributed by atoms with Crippen LogP contribution in [0.15, 0.2) is 23.8 Å². The molecule has 0 aliphatic heterocycles. The topological polar surface area (TPSA) is 12.0 Å². The van der Waals surface area contributed by atoms with E-state index in [1.54, 1.807) is 0 Å². The summed E-state index contributed by atoms with van der Waals surface area (Å²) in [4.78, 5) is 0. The van der Waals surface area contributed by atoms with Crippen LogP contribution in [0.4, 0.5) is 0 Å². The van der Waals surface area contributed by atoms with Gasteiger partial charge in [-0.3, -0.25) is 0 Å². The maximum Gasteiger partial charge on any atom is 0.0251 e. The second-order valence-electron chi connectivity index (χ2n) is 4.53. The van der Waals surface area contributed by atoms with Gasteiger partial charge in [-0.2, -0.15) is 0 Å². The predicted octanol–water partition coefficient (Wildman–Crippen LogP) is 3.70. The maximum atomic E-state index is 3.43. The number of nitrogens with one attached hydrogen (secondary N) is 1. The van der Waals surface area contributed by atoms with Crippen LogP contribution < -0.4 is 5.32 Å². The minimum atomic E-state index is 0.450. The fourth-order valence-corrected chi connectivity index (χ4v) is 1.83. The lowest BCUT2D eigenvalue weighted by atomic mass is 10.0. The van der Waals surface area contributed by atoms with Gasteiger partial charge in [0.2, 0.25) is 0 Å². The zero-order valence-electron chi connectivity index (χ0n) is 11.1. The van der Waals surface area contributed by atoms with Crippen LogP contribution in [0.5, 0.6) is 0 Å². The zero-order valence-corrected chi connectivity index (χ0v) is 11.1. The molecule has 0 spiro atoms. The van der Waals surface area contributed by atoms with Crippen LogP contribution in [-0.2, 0) is 0 Å². The molecule has 0 aromatic heterocycles. The third kappa shape index (κ3) is 3.49. The third-order valence-corrected chi connectivity index (χ3v) is 3.00. The Labute approximate surface area is 99.6 Å². The van der Waals surface area contributed by atoms with Gasteiger partial charge in [-0.05, 0) is 45.4 Å². The van der Waals surface area contributed by atoms with Crippen molar-refractivity contribution < 1.29 is 0 Å². The van der Waals surface area contributed by atoms with Crippen LogP contribution in [0.25, 0.3) is 6.08 Å². The second-order valence-corrected chi connectivity index (χ2v) is 4.53. The minimum Gasteiger partial charge on any atom is -0.311 e. The first-order valence-electron chi connectivity index (χ1n) is 6.03. The number of hydrogen-bond donors (Lipinski definition) is 1. The summed E-state index contributed by atoms with van der Waals surface area (Å²) in [5, 5.41) is 3.43. The summed E-state index contributed by atoms with van der Waals surface area (Å²) < 4.78 is 0. The molecule has 0 amide bonds. The van der Waals surface area contributed by atoms with E-state index in [4.69, 9.17) is 0 Å². The fraction of sp³-hybridized carbons (Fsp3) is 0.467. The van der Waals surface area contributed by atoms with E-state index >= 15 is 0 Å². The summed E-state index contributed by atoms with van der Waals surface area (Å²) in [7, 11) is 0.